The van der Waals surface area contributed by atoms with Gasteiger partial charge in [-0.3, -0.25) is 0 Å². The van der Waals surface area contributed by atoms with Gasteiger partial charge in [0.05, 0.1) is 12.7 Å². The highest BCUT2D eigenvalue weighted by Gasteiger charge is 2.49. The van der Waals surface area contributed by atoms with Crippen LogP contribution in [0.4, 0.5) is 0 Å². The summed E-state index contributed by atoms with van der Waals surface area (Å²) in [7, 11) is 0. The Morgan fingerprint density at radius 1 is 0.900 bits per heavy atom. The molecule has 56 valence electrons. The average molecular weight is 138 g/mol. The predicted molar refractivity (Wildman–Crippen MR) is 38.7 cm³/mol. The predicted octanol–water partition coefficient (Wildman–Crippen LogP) is 1.82. The molecule has 0 spiro atoms. The molecule has 3 aliphatic rings. The lowest BCUT2D eigenvalue weighted by molar-refractivity contribution is 0.0959. The van der Waals surface area contributed by atoms with Crippen LogP contribution in [0.3, 0.4) is 0 Å². The van der Waals surface area contributed by atoms with Gasteiger partial charge >= 0.3 is 0 Å². The summed E-state index contributed by atoms with van der Waals surface area (Å²) in [6.45, 7) is 1.09. The standard InChI is InChI=1S/C9H14O/c1-2-7-5-10-8-4-3-6(1)9(7)8/h6-9H,1-5H2/t6?,7-,8-,9-/m1/s1. The van der Waals surface area contributed by atoms with E-state index in [1.807, 2.05) is 0 Å². The summed E-state index contributed by atoms with van der Waals surface area (Å²) in [6.07, 6.45) is 6.50. The average Bonchev–Trinajstić information content (AvgIpc) is 2.56. The van der Waals surface area contributed by atoms with Crippen LogP contribution in [0.1, 0.15) is 25.7 Å². The molecular formula is C9H14O. The maximum atomic E-state index is 5.71. The first-order valence-electron chi connectivity index (χ1n) is 4.57. The molecule has 0 aromatic rings. The van der Waals surface area contributed by atoms with Gasteiger partial charge in [0, 0.05) is 0 Å². The summed E-state index contributed by atoms with van der Waals surface area (Å²) < 4.78 is 5.71. The highest BCUT2D eigenvalue weighted by molar-refractivity contribution is 4.98. The molecule has 2 saturated carbocycles. The van der Waals surface area contributed by atoms with Crippen LogP contribution < -0.4 is 0 Å². The molecule has 0 aromatic carbocycles. The zero-order valence-electron chi connectivity index (χ0n) is 6.25. The highest BCUT2D eigenvalue weighted by Crippen LogP contribution is 2.52. The van der Waals surface area contributed by atoms with Crippen LogP contribution >= 0.6 is 0 Å². The lowest BCUT2D eigenvalue weighted by Gasteiger charge is -2.10. The first kappa shape index (κ1) is 5.59. The molecule has 1 unspecified atom stereocenters. The fourth-order valence-corrected chi connectivity index (χ4v) is 3.35. The molecule has 3 fully saturated rings. The highest BCUT2D eigenvalue weighted by atomic mass is 16.5. The van der Waals surface area contributed by atoms with Crippen molar-refractivity contribution in [1.29, 1.82) is 0 Å². The van der Waals surface area contributed by atoms with Crippen molar-refractivity contribution in [2.75, 3.05) is 6.61 Å². The van der Waals surface area contributed by atoms with E-state index in [4.69, 9.17) is 4.74 Å². The van der Waals surface area contributed by atoms with E-state index in [-0.39, 0.29) is 0 Å². The zero-order valence-corrected chi connectivity index (χ0v) is 6.25. The van der Waals surface area contributed by atoms with E-state index in [1.54, 1.807) is 0 Å². The van der Waals surface area contributed by atoms with Crippen molar-refractivity contribution < 1.29 is 4.74 Å². The van der Waals surface area contributed by atoms with Gasteiger partial charge in [0.25, 0.3) is 0 Å². The van der Waals surface area contributed by atoms with Crippen molar-refractivity contribution >= 4 is 0 Å². The third kappa shape index (κ3) is 0.531. The third-order valence-corrected chi connectivity index (χ3v) is 3.77. The zero-order chi connectivity index (χ0) is 6.55. The van der Waals surface area contributed by atoms with E-state index in [9.17, 15) is 0 Å². The molecule has 1 aliphatic heterocycles. The molecule has 1 heterocycles. The monoisotopic (exact) mass is 138 g/mol. The van der Waals surface area contributed by atoms with Gasteiger partial charge in [0.1, 0.15) is 0 Å². The molecule has 0 amide bonds. The molecule has 0 bridgehead atoms. The van der Waals surface area contributed by atoms with Crippen LogP contribution in [0.2, 0.25) is 0 Å². The number of hydrogen-bond acceptors (Lipinski definition) is 1. The van der Waals surface area contributed by atoms with E-state index in [1.165, 1.54) is 25.7 Å². The second kappa shape index (κ2) is 1.76. The number of hydrogen-bond donors (Lipinski definition) is 0. The SMILES string of the molecule is C1C[C@@H]2CO[C@@H]3CCC1[C@H]23. The van der Waals surface area contributed by atoms with E-state index in [0.29, 0.717) is 6.10 Å². The van der Waals surface area contributed by atoms with Crippen molar-refractivity contribution in [3.63, 3.8) is 0 Å². The van der Waals surface area contributed by atoms with Crippen LogP contribution in [-0.2, 0) is 4.74 Å². The quantitative estimate of drug-likeness (QED) is 0.496. The molecule has 2 aliphatic carbocycles. The summed E-state index contributed by atoms with van der Waals surface area (Å²) in [5.74, 6) is 3.04. The molecule has 1 heteroatoms. The number of ether oxygens (including phenoxy) is 1. The van der Waals surface area contributed by atoms with Crippen LogP contribution in [0, 0.1) is 17.8 Å². The second-order valence-corrected chi connectivity index (χ2v) is 4.12. The fraction of sp³-hybridized carbons (Fsp3) is 1.00. The van der Waals surface area contributed by atoms with E-state index in [2.05, 4.69) is 0 Å². The second-order valence-electron chi connectivity index (χ2n) is 4.12. The fourth-order valence-electron chi connectivity index (χ4n) is 3.35. The minimum atomic E-state index is 0.692. The Morgan fingerprint density at radius 2 is 1.70 bits per heavy atom. The lowest BCUT2D eigenvalue weighted by atomic mass is 9.94. The maximum absolute atomic E-state index is 5.71. The summed E-state index contributed by atoms with van der Waals surface area (Å²) in [6, 6.07) is 0. The topological polar surface area (TPSA) is 9.23 Å². The first-order valence-corrected chi connectivity index (χ1v) is 4.57. The van der Waals surface area contributed by atoms with Gasteiger partial charge in [0.2, 0.25) is 0 Å². The summed E-state index contributed by atoms with van der Waals surface area (Å²) >= 11 is 0. The van der Waals surface area contributed by atoms with Gasteiger partial charge in [-0.15, -0.1) is 0 Å². The maximum Gasteiger partial charge on any atom is 0.0609 e. The molecule has 3 rings (SSSR count). The van der Waals surface area contributed by atoms with Gasteiger partial charge in [-0.2, -0.15) is 0 Å². The Morgan fingerprint density at radius 3 is 2.70 bits per heavy atom. The molecule has 0 aromatic heterocycles. The van der Waals surface area contributed by atoms with Crippen molar-refractivity contribution in [2.45, 2.75) is 31.8 Å². The van der Waals surface area contributed by atoms with E-state index in [0.717, 1.165) is 24.4 Å². The van der Waals surface area contributed by atoms with Crippen molar-refractivity contribution in [2.24, 2.45) is 17.8 Å². The Balaban J connectivity index is 1.94. The lowest BCUT2D eigenvalue weighted by Crippen LogP contribution is -2.12. The van der Waals surface area contributed by atoms with Crippen LogP contribution in [-0.4, -0.2) is 12.7 Å². The third-order valence-electron chi connectivity index (χ3n) is 3.77. The molecule has 0 radical (unpaired) electrons. The Kier molecular flexibility index (Phi) is 0.984. The van der Waals surface area contributed by atoms with Gasteiger partial charge in [-0.25, -0.2) is 0 Å². The van der Waals surface area contributed by atoms with Gasteiger partial charge in [-0.1, -0.05) is 0 Å². The summed E-state index contributed by atoms with van der Waals surface area (Å²) in [4.78, 5) is 0. The molecule has 1 saturated heterocycles. The molecule has 1 nitrogen and oxygen atoms in total. The molecular weight excluding hydrogens is 124 g/mol. The Bertz CT molecular complexity index is 114. The smallest absolute Gasteiger partial charge is 0.0609 e. The molecule has 4 atom stereocenters. The van der Waals surface area contributed by atoms with Gasteiger partial charge < -0.3 is 4.74 Å². The Hall–Kier alpha value is -0.0400. The van der Waals surface area contributed by atoms with E-state index >= 15 is 0 Å². The number of rotatable bonds is 0. The van der Waals surface area contributed by atoms with Crippen molar-refractivity contribution in [3.05, 3.63) is 0 Å². The normalized spacial score (nSPS) is 57.6. The Labute approximate surface area is 61.8 Å². The van der Waals surface area contributed by atoms with Crippen molar-refractivity contribution in [1.82, 2.24) is 0 Å². The first-order chi connectivity index (χ1) is 4.95. The van der Waals surface area contributed by atoms with Crippen LogP contribution in [0.25, 0.3) is 0 Å². The van der Waals surface area contributed by atoms with Gasteiger partial charge in [0.15, 0.2) is 0 Å². The van der Waals surface area contributed by atoms with Crippen LogP contribution in [0.15, 0.2) is 0 Å². The van der Waals surface area contributed by atoms with Crippen molar-refractivity contribution in [3.8, 4) is 0 Å². The largest absolute Gasteiger partial charge is 0.378 e. The molecule has 0 N–H and O–H groups in total. The minimum Gasteiger partial charge on any atom is -0.378 e. The minimum absolute atomic E-state index is 0.692. The van der Waals surface area contributed by atoms with E-state index < -0.39 is 0 Å². The van der Waals surface area contributed by atoms with Crippen LogP contribution in [0.5, 0.6) is 0 Å². The summed E-state index contributed by atoms with van der Waals surface area (Å²) in [5.41, 5.74) is 0. The summed E-state index contributed by atoms with van der Waals surface area (Å²) in [5, 5.41) is 0. The van der Waals surface area contributed by atoms with Gasteiger partial charge in [-0.05, 0) is 43.4 Å². The molecule has 10 heavy (non-hydrogen) atoms.